The normalized spacial score (nSPS) is 10.7. The number of benzene rings is 1. The second kappa shape index (κ2) is 6.80. The van der Waals surface area contributed by atoms with Crippen LogP contribution in [0.3, 0.4) is 0 Å². The Morgan fingerprint density at radius 2 is 1.96 bits per heavy atom. The first-order valence-electron chi connectivity index (χ1n) is 7.94. The van der Waals surface area contributed by atoms with E-state index in [1.807, 2.05) is 31.3 Å². The molecule has 0 saturated carbocycles. The summed E-state index contributed by atoms with van der Waals surface area (Å²) in [5, 5.41) is 4.40. The van der Waals surface area contributed by atoms with Crippen LogP contribution in [0.1, 0.15) is 22.8 Å². The van der Waals surface area contributed by atoms with Crippen LogP contribution in [0, 0.1) is 0 Å². The van der Waals surface area contributed by atoms with Crippen LogP contribution in [-0.2, 0) is 11.2 Å². The van der Waals surface area contributed by atoms with E-state index in [-0.39, 0.29) is 5.97 Å². The van der Waals surface area contributed by atoms with Gasteiger partial charge in [0, 0.05) is 25.7 Å². The van der Waals surface area contributed by atoms with Crippen molar-refractivity contribution in [1.82, 2.24) is 14.6 Å². The zero-order valence-electron chi connectivity index (χ0n) is 14.7. The van der Waals surface area contributed by atoms with Gasteiger partial charge >= 0.3 is 5.97 Å². The Labute approximate surface area is 145 Å². The number of hydrogen-bond donors (Lipinski definition) is 0. The Kier molecular flexibility index (Phi) is 4.56. The summed E-state index contributed by atoms with van der Waals surface area (Å²) in [5.41, 5.74) is 2.29. The highest BCUT2D eigenvalue weighted by molar-refractivity contribution is 5.89. The fourth-order valence-electron chi connectivity index (χ4n) is 2.49. The average molecular weight is 340 g/mol. The molecule has 7 nitrogen and oxygen atoms in total. The Morgan fingerprint density at radius 3 is 2.56 bits per heavy atom. The number of fused-ring (bicyclic) bond motifs is 1. The van der Waals surface area contributed by atoms with Crippen LogP contribution in [-0.4, -0.2) is 41.8 Å². The second-order valence-electron chi connectivity index (χ2n) is 5.72. The number of aryl methyl sites for hydroxylation is 1. The first-order valence-corrected chi connectivity index (χ1v) is 7.94. The Morgan fingerprint density at radius 1 is 1.24 bits per heavy atom. The highest BCUT2D eigenvalue weighted by Crippen LogP contribution is 2.26. The number of aromatic nitrogens is 3. The molecule has 0 aliphatic heterocycles. The van der Waals surface area contributed by atoms with Crippen LogP contribution in [0.2, 0.25) is 0 Å². The number of rotatable bonds is 5. The summed E-state index contributed by atoms with van der Waals surface area (Å²) in [5.74, 6) is 1.54. The monoisotopic (exact) mass is 340 g/mol. The van der Waals surface area contributed by atoms with Crippen molar-refractivity contribution in [3.05, 3.63) is 47.7 Å². The third-order valence-corrected chi connectivity index (χ3v) is 3.84. The van der Waals surface area contributed by atoms with Crippen molar-refractivity contribution < 1.29 is 14.3 Å². The van der Waals surface area contributed by atoms with Gasteiger partial charge in [0.05, 0.1) is 18.9 Å². The number of esters is 1. The Balaban J connectivity index is 1.96. The zero-order chi connectivity index (χ0) is 18.0. The van der Waals surface area contributed by atoms with Crippen LogP contribution < -0.4 is 9.64 Å². The summed E-state index contributed by atoms with van der Waals surface area (Å²) in [7, 11) is 5.24. The van der Waals surface area contributed by atoms with Crippen molar-refractivity contribution in [2.45, 2.75) is 13.3 Å². The van der Waals surface area contributed by atoms with E-state index in [0.29, 0.717) is 17.2 Å². The van der Waals surface area contributed by atoms with Crippen molar-refractivity contribution in [3.8, 4) is 11.6 Å². The molecular formula is C18H20N4O3. The maximum Gasteiger partial charge on any atom is 0.337 e. The van der Waals surface area contributed by atoms with E-state index in [2.05, 4.69) is 17.0 Å². The Bertz CT molecular complexity index is 901. The lowest BCUT2D eigenvalue weighted by atomic mass is 10.2. The molecule has 3 rings (SSSR count). The number of hydrogen-bond acceptors (Lipinski definition) is 6. The quantitative estimate of drug-likeness (QED) is 0.665. The third-order valence-electron chi connectivity index (χ3n) is 3.84. The summed E-state index contributed by atoms with van der Waals surface area (Å²) in [6, 6.07) is 8.56. The van der Waals surface area contributed by atoms with Gasteiger partial charge in [-0.15, -0.1) is 0 Å². The molecule has 1 aromatic carbocycles. The van der Waals surface area contributed by atoms with Gasteiger partial charge in [0.15, 0.2) is 5.65 Å². The molecule has 0 spiro atoms. The van der Waals surface area contributed by atoms with E-state index in [0.717, 1.165) is 23.4 Å². The van der Waals surface area contributed by atoms with Crippen molar-refractivity contribution in [1.29, 1.82) is 0 Å². The molecule has 2 heterocycles. The summed E-state index contributed by atoms with van der Waals surface area (Å²) in [4.78, 5) is 18.0. The lowest BCUT2D eigenvalue weighted by molar-refractivity contribution is 0.0600. The minimum absolute atomic E-state index is 0.382. The van der Waals surface area contributed by atoms with Gasteiger partial charge in [-0.25, -0.2) is 4.79 Å². The van der Waals surface area contributed by atoms with Gasteiger partial charge < -0.3 is 14.4 Å². The van der Waals surface area contributed by atoms with Crippen LogP contribution in [0.5, 0.6) is 11.6 Å². The number of methoxy groups -OCH3 is 1. The largest absolute Gasteiger partial charge is 0.465 e. The molecule has 0 aliphatic carbocycles. The van der Waals surface area contributed by atoms with Crippen LogP contribution in [0.15, 0.2) is 36.5 Å². The lowest BCUT2D eigenvalue weighted by Crippen LogP contribution is -2.14. The van der Waals surface area contributed by atoms with Crippen LogP contribution >= 0.6 is 0 Å². The van der Waals surface area contributed by atoms with E-state index in [4.69, 9.17) is 9.47 Å². The molecule has 0 N–H and O–H groups in total. The fraction of sp³-hybridized carbons (Fsp3) is 0.278. The second-order valence-corrected chi connectivity index (χ2v) is 5.72. The molecule has 0 fully saturated rings. The molecule has 7 heteroatoms. The van der Waals surface area contributed by atoms with Gasteiger partial charge in [-0.05, 0) is 30.7 Å². The van der Waals surface area contributed by atoms with Crippen LogP contribution in [0.25, 0.3) is 5.65 Å². The maximum absolute atomic E-state index is 11.5. The summed E-state index contributed by atoms with van der Waals surface area (Å²) in [6.07, 6.45) is 2.66. The van der Waals surface area contributed by atoms with E-state index in [1.165, 1.54) is 7.11 Å². The summed E-state index contributed by atoms with van der Waals surface area (Å²) in [6.45, 7) is 2.06. The molecule has 0 radical (unpaired) electrons. The van der Waals surface area contributed by atoms with Gasteiger partial charge in [-0.1, -0.05) is 6.92 Å². The number of carbonyl (C=O) groups is 1. The molecule has 0 atom stereocenters. The van der Waals surface area contributed by atoms with E-state index in [1.54, 1.807) is 28.8 Å². The molecule has 0 saturated heterocycles. The summed E-state index contributed by atoms with van der Waals surface area (Å²) >= 11 is 0. The molecule has 130 valence electrons. The van der Waals surface area contributed by atoms with Crippen LogP contribution in [0.4, 0.5) is 5.82 Å². The van der Waals surface area contributed by atoms with E-state index >= 15 is 0 Å². The van der Waals surface area contributed by atoms with Gasteiger partial charge in [-0.3, -0.25) is 0 Å². The minimum Gasteiger partial charge on any atom is -0.465 e. The van der Waals surface area contributed by atoms with Crippen molar-refractivity contribution >= 4 is 17.4 Å². The van der Waals surface area contributed by atoms with Gasteiger partial charge in [0.1, 0.15) is 11.6 Å². The minimum atomic E-state index is -0.382. The predicted molar refractivity (Wildman–Crippen MR) is 94.5 cm³/mol. The van der Waals surface area contributed by atoms with Crippen molar-refractivity contribution in [3.63, 3.8) is 0 Å². The number of ether oxygens (including phenoxy) is 2. The SMILES string of the molecule is CCc1cnn2c(N(C)C)cc(Oc3ccc(C(=O)OC)cc3)nc12. The standard InChI is InChI=1S/C18H20N4O3/c1-5-12-11-19-22-16(21(2)3)10-15(20-17(12)22)25-14-8-6-13(7-9-14)18(23)24-4/h6-11H,5H2,1-4H3. The first-order chi connectivity index (χ1) is 12.0. The van der Waals surface area contributed by atoms with Gasteiger partial charge in [-0.2, -0.15) is 14.6 Å². The molecule has 0 unspecified atom stereocenters. The summed E-state index contributed by atoms with van der Waals surface area (Å²) < 4.78 is 12.4. The highest BCUT2D eigenvalue weighted by Gasteiger charge is 2.13. The van der Waals surface area contributed by atoms with E-state index < -0.39 is 0 Å². The topological polar surface area (TPSA) is 69.0 Å². The lowest BCUT2D eigenvalue weighted by Gasteiger charge is -2.15. The maximum atomic E-state index is 11.5. The molecular weight excluding hydrogens is 320 g/mol. The predicted octanol–water partition coefficient (Wildman–Crippen LogP) is 2.94. The smallest absolute Gasteiger partial charge is 0.337 e. The zero-order valence-corrected chi connectivity index (χ0v) is 14.7. The number of anilines is 1. The molecule has 0 amide bonds. The number of nitrogens with zero attached hydrogens (tertiary/aromatic N) is 4. The highest BCUT2D eigenvalue weighted by atomic mass is 16.5. The Hall–Kier alpha value is -3.09. The first kappa shape index (κ1) is 16.8. The molecule has 2 aromatic heterocycles. The number of carbonyl (C=O) groups excluding carboxylic acids is 1. The third kappa shape index (κ3) is 3.26. The molecule has 0 bridgehead atoms. The van der Waals surface area contributed by atoms with E-state index in [9.17, 15) is 4.79 Å². The van der Waals surface area contributed by atoms with Crippen molar-refractivity contribution in [2.24, 2.45) is 0 Å². The van der Waals surface area contributed by atoms with Gasteiger partial charge in [0.2, 0.25) is 5.88 Å². The van der Waals surface area contributed by atoms with Gasteiger partial charge in [0.25, 0.3) is 0 Å². The van der Waals surface area contributed by atoms with Crippen molar-refractivity contribution in [2.75, 3.05) is 26.1 Å². The molecule has 3 aromatic rings. The fourth-order valence-corrected chi connectivity index (χ4v) is 2.49. The molecule has 25 heavy (non-hydrogen) atoms. The average Bonchev–Trinajstić information content (AvgIpc) is 3.03. The molecule has 0 aliphatic rings.